The van der Waals surface area contributed by atoms with Crippen molar-refractivity contribution < 1.29 is 4.74 Å². The monoisotopic (exact) mass is 350 g/mol. The van der Waals surface area contributed by atoms with Gasteiger partial charge in [0.2, 0.25) is 0 Å². The molecule has 138 valence electrons. The lowest BCUT2D eigenvalue weighted by Gasteiger charge is -2.40. The number of ether oxygens (including phenoxy) is 1. The topological polar surface area (TPSA) is 27.1 Å². The van der Waals surface area contributed by atoms with E-state index in [9.17, 15) is 0 Å². The van der Waals surface area contributed by atoms with Gasteiger partial charge in [0, 0.05) is 18.9 Å². The molecule has 1 heterocycles. The number of benzene rings is 1. The first-order valence-corrected chi connectivity index (χ1v) is 10.5. The van der Waals surface area contributed by atoms with Crippen LogP contribution in [0.3, 0.4) is 0 Å². The molecule has 3 fully saturated rings. The minimum absolute atomic E-state index is 0.160. The van der Waals surface area contributed by atoms with Crippen molar-refractivity contribution in [2.45, 2.75) is 69.4 Å². The molecule has 2 aromatic rings. The van der Waals surface area contributed by atoms with Crippen LogP contribution in [0, 0.1) is 11.8 Å². The second-order valence-corrected chi connectivity index (χ2v) is 8.78. The molecule has 0 N–H and O–H groups in total. The molecule has 0 saturated heterocycles. The average molecular weight is 351 g/mol. The van der Waals surface area contributed by atoms with Gasteiger partial charge in [-0.15, -0.1) is 0 Å². The fraction of sp³-hybridized carbons (Fsp3) is 0.609. The summed E-state index contributed by atoms with van der Waals surface area (Å²) in [5.41, 5.74) is 1.33. The predicted molar refractivity (Wildman–Crippen MR) is 103 cm³/mol. The maximum Gasteiger partial charge on any atom is 0.141 e. The van der Waals surface area contributed by atoms with E-state index in [1.807, 2.05) is 6.20 Å². The summed E-state index contributed by atoms with van der Waals surface area (Å²) in [4.78, 5) is 4.83. The van der Waals surface area contributed by atoms with E-state index in [4.69, 9.17) is 9.72 Å². The molecule has 0 spiro atoms. The second-order valence-electron chi connectivity index (χ2n) is 8.78. The molecule has 1 aromatic heterocycles. The first-order chi connectivity index (χ1) is 12.8. The number of nitrogens with zero attached hydrogens (tertiary/aromatic N) is 2. The molecule has 0 amide bonds. The molecule has 1 aromatic carbocycles. The molecular formula is C23H30N2O. The molecule has 0 radical (unpaired) electrons. The van der Waals surface area contributed by atoms with Crippen LogP contribution in [0.1, 0.15) is 68.7 Å². The quantitative estimate of drug-likeness (QED) is 0.680. The van der Waals surface area contributed by atoms with Gasteiger partial charge in [0.1, 0.15) is 11.4 Å². The van der Waals surface area contributed by atoms with Crippen molar-refractivity contribution >= 4 is 0 Å². The van der Waals surface area contributed by atoms with Crippen LogP contribution in [0.25, 0.3) is 0 Å². The van der Waals surface area contributed by atoms with Crippen molar-refractivity contribution in [3.63, 3.8) is 0 Å². The number of hydrogen-bond donors (Lipinski definition) is 0. The second kappa shape index (κ2) is 6.84. The van der Waals surface area contributed by atoms with E-state index in [0.29, 0.717) is 5.92 Å². The molecule has 3 saturated carbocycles. The van der Waals surface area contributed by atoms with Gasteiger partial charge in [0.15, 0.2) is 0 Å². The van der Waals surface area contributed by atoms with Crippen molar-refractivity contribution in [2.24, 2.45) is 11.8 Å². The normalized spacial score (nSPS) is 29.0. The third kappa shape index (κ3) is 3.46. The van der Waals surface area contributed by atoms with Crippen molar-refractivity contribution in [1.29, 1.82) is 0 Å². The van der Waals surface area contributed by atoms with E-state index in [-0.39, 0.29) is 5.60 Å². The van der Waals surface area contributed by atoms with E-state index in [1.165, 1.54) is 49.9 Å². The maximum absolute atomic E-state index is 6.68. The molecule has 0 bridgehead atoms. The van der Waals surface area contributed by atoms with Gasteiger partial charge >= 0.3 is 0 Å². The largest absolute Gasteiger partial charge is 0.367 e. The van der Waals surface area contributed by atoms with E-state index in [1.54, 1.807) is 0 Å². The highest BCUT2D eigenvalue weighted by Gasteiger charge is 2.43. The highest BCUT2D eigenvalue weighted by molar-refractivity contribution is 5.21. The van der Waals surface area contributed by atoms with Crippen LogP contribution in [-0.2, 0) is 16.9 Å². The summed E-state index contributed by atoms with van der Waals surface area (Å²) in [6.07, 6.45) is 14.2. The Morgan fingerprint density at radius 3 is 2.38 bits per heavy atom. The summed E-state index contributed by atoms with van der Waals surface area (Å²) < 4.78 is 9.09. The molecule has 0 unspecified atom stereocenters. The van der Waals surface area contributed by atoms with Crippen LogP contribution >= 0.6 is 0 Å². The van der Waals surface area contributed by atoms with Gasteiger partial charge < -0.3 is 9.30 Å². The van der Waals surface area contributed by atoms with Gasteiger partial charge in [-0.2, -0.15) is 0 Å². The molecule has 3 aliphatic carbocycles. The van der Waals surface area contributed by atoms with Crippen molar-refractivity contribution in [3.8, 4) is 0 Å². The first-order valence-electron chi connectivity index (χ1n) is 10.5. The fourth-order valence-corrected chi connectivity index (χ4v) is 4.57. The Labute approximate surface area is 156 Å². The van der Waals surface area contributed by atoms with E-state index >= 15 is 0 Å². The zero-order valence-corrected chi connectivity index (χ0v) is 15.6. The van der Waals surface area contributed by atoms with Gasteiger partial charge in [-0.05, 0) is 74.7 Å². The number of imidazole rings is 1. The first kappa shape index (κ1) is 16.6. The molecule has 3 aliphatic rings. The maximum atomic E-state index is 6.68. The van der Waals surface area contributed by atoms with Crippen LogP contribution < -0.4 is 0 Å². The Kier molecular flexibility index (Phi) is 4.36. The van der Waals surface area contributed by atoms with Gasteiger partial charge in [-0.1, -0.05) is 30.3 Å². The van der Waals surface area contributed by atoms with E-state index in [0.717, 1.165) is 37.8 Å². The lowest BCUT2D eigenvalue weighted by atomic mass is 9.75. The Hall–Kier alpha value is -1.61. The Morgan fingerprint density at radius 1 is 0.962 bits per heavy atom. The van der Waals surface area contributed by atoms with E-state index < -0.39 is 0 Å². The lowest BCUT2D eigenvalue weighted by molar-refractivity contribution is -0.0914. The van der Waals surface area contributed by atoms with Crippen LogP contribution in [-0.4, -0.2) is 16.2 Å². The van der Waals surface area contributed by atoms with Crippen LogP contribution in [0.15, 0.2) is 42.7 Å². The molecule has 0 atom stereocenters. The van der Waals surface area contributed by atoms with Gasteiger partial charge in [0.05, 0.1) is 6.61 Å². The minimum Gasteiger partial charge on any atom is -0.367 e. The third-order valence-electron chi connectivity index (χ3n) is 6.63. The fourth-order valence-electron chi connectivity index (χ4n) is 4.57. The summed E-state index contributed by atoms with van der Waals surface area (Å²) >= 11 is 0. The summed E-state index contributed by atoms with van der Waals surface area (Å²) in [6.45, 7) is 2.05. The molecule has 5 rings (SSSR count). The zero-order valence-electron chi connectivity index (χ0n) is 15.6. The Balaban J connectivity index is 1.36. The SMILES string of the molecule is c1ccc(C2CCC(OCC3CC3)(c3nccn3CC3CC3)CC2)cc1. The number of aromatic nitrogens is 2. The highest BCUT2D eigenvalue weighted by Crippen LogP contribution is 2.47. The summed E-state index contributed by atoms with van der Waals surface area (Å²) in [5, 5.41) is 0. The molecule has 3 heteroatoms. The van der Waals surface area contributed by atoms with Gasteiger partial charge in [0.25, 0.3) is 0 Å². The van der Waals surface area contributed by atoms with Crippen molar-refractivity contribution in [1.82, 2.24) is 9.55 Å². The van der Waals surface area contributed by atoms with Crippen LogP contribution in [0.2, 0.25) is 0 Å². The predicted octanol–water partition coefficient (Wildman–Crippen LogP) is 5.27. The zero-order chi connectivity index (χ0) is 17.4. The van der Waals surface area contributed by atoms with Gasteiger partial charge in [-0.25, -0.2) is 4.98 Å². The smallest absolute Gasteiger partial charge is 0.141 e. The average Bonchev–Trinajstić information content (AvgIpc) is 3.61. The number of hydrogen-bond acceptors (Lipinski definition) is 2. The minimum atomic E-state index is -0.160. The molecule has 0 aliphatic heterocycles. The summed E-state index contributed by atoms with van der Waals surface area (Å²) in [7, 11) is 0. The van der Waals surface area contributed by atoms with Gasteiger partial charge in [-0.3, -0.25) is 0 Å². The lowest BCUT2D eigenvalue weighted by Crippen LogP contribution is -2.38. The van der Waals surface area contributed by atoms with Crippen molar-refractivity contribution in [2.75, 3.05) is 6.61 Å². The highest BCUT2D eigenvalue weighted by atomic mass is 16.5. The van der Waals surface area contributed by atoms with Crippen LogP contribution in [0.5, 0.6) is 0 Å². The standard InChI is InChI=1S/C23H30N2O/c1-2-4-20(5-3-1)21-10-12-23(13-11-21,26-17-19-8-9-19)22-24-14-15-25(22)16-18-6-7-18/h1-5,14-15,18-19,21H,6-13,16-17H2. The molecule has 3 nitrogen and oxygen atoms in total. The van der Waals surface area contributed by atoms with E-state index in [2.05, 4.69) is 41.1 Å². The van der Waals surface area contributed by atoms with Crippen LogP contribution in [0.4, 0.5) is 0 Å². The number of rotatable bonds is 7. The summed E-state index contributed by atoms with van der Waals surface area (Å²) in [6, 6.07) is 11.0. The Morgan fingerprint density at radius 2 is 1.69 bits per heavy atom. The Bertz CT molecular complexity index is 722. The summed E-state index contributed by atoms with van der Waals surface area (Å²) in [5.74, 6) is 3.53. The molecular weight excluding hydrogens is 320 g/mol. The van der Waals surface area contributed by atoms with Crippen molar-refractivity contribution in [3.05, 3.63) is 54.1 Å². The molecule has 26 heavy (non-hydrogen) atoms. The third-order valence-corrected chi connectivity index (χ3v) is 6.63.